The molecule has 0 aromatic carbocycles. The van der Waals surface area contributed by atoms with Crippen LogP contribution in [0.1, 0.15) is 39.9 Å². The van der Waals surface area contributed by atoms with Crippen LogP contribution in [0.15, 0.2) is 12.4 Å². The van der Waals surface area contributed by atoms with Gasteiger partial charge in [0.1, 0.15) is 5.82 Å². The number of rotatable bonds is 5. The van der Waals surface area contributed by atoms with Crippen LogP contribution in [0.4, 0.5) is 0 Å². The number of aryl methyl sites for hydroxylation is 2. The Balaban J connectivity index is 2.26. The molecule has 0 atom stereocenters. The molecule has 0 saturated carbocycles. The Bertz CT molecular complexity index is 283. The van der Waals surface area contributed by atoms with E-state index < -0.39 is 0 Å². The highest BCUT2D eigenvalue weighted by Crippen LogP contribution is 2.01. The lowest BCUT2D eigenvalue weighted by Gasteiger charge is -2.20. The first-order chi connectivity index (χ1) is 7.03. The van der Waals surface area contributed by atoms with Crippen LogP contribution in [0.3, 0.4) is 0 Å². The van der Waals surface area contributed by atoms with E-state index in [0.29, 0.717) is 0 Å². The molecule has 1 aromatic rings. The minimum Gasteiger partial charge on any atom is -0.335 e. The van der Waals surface area contributed by atoms with E-state index in [0.717, 1.165) is 25.9 Å². The molecule has 0 aliphatic heterocycles. The quantitative estimate of drug-likeness (QED) is 0.754. The van der Waals surface area contributed by atoms with Gasteiger partial charge in [-0.05, 0) is 33.7 Å². The van der Waals surface area contributed by atoms with E-state index in [1.807, 2.05) is 6.20 Å². The molecule has 86 valence electrons. The van der Waals surface area contributed by atoms with Crippen LogP contribution in [0.5, 0.6) is 0 Å². The average molecular weight is 209 g/mol. The van der Waals surface area contributed by atoms with Crippen molar-refractivity contribution in [3.05, 3.63) is 18.2 Å². The van der Waals surface area contributed by atoms with Crippen molar-refractivity contribution >= 4 is 0 Å². The van der Waals surface area contributed by atoms with Crippen LogP contribution in [0.25, 0.3) is 0 Å². The molecule has 1 rings (SSSR count). The first-order valence-corrected chi connectivity index (χ1v) is 5.78. The van der Waals surface area contributed by atoms with Gasteiger partial charge in [-0.2, -0.15) is 0 Å². The van der Waals surface area contributed by atoms with Gasteiger partial charge in [-0.25, -0.2) is 4.98 Å². The molecule has 0 fully saturated rings. The Morgan fingerprint density at radius 3 is 2.73 bits per heavy atom. The first kappa shape index (κ1) is 12.2. The summed E-state index contributed by atoms with van der Waals surface area (Å²) in [7, 11) is 0. The van der Waals surface area contributed by atoms with E-state index in [1.165, 1.54) is 5.82 Å². The average Bonchev–Trinajstić information content (AvgIpc) is 2.58. The summed E-state index contributed by atoms with van der Waals surface area (Å²) < 4.78 is 2.24. The van der Waals surface area contributed by atoms with E-state index in [1.54, 1.807) is 0 Å². The molecule has 15 heavy (non-hydrogen) atoms. The topological polar surface area (TPSA) is 29.9 Å². The molecule has 3 heteroatoms. The van der Waals surface area contributed by atoms with Gasteiger partial charge in [0.2, 0.25) is 0 Å². The summed E-state index contributed by atoms with van der Waals surface area (Å²) in [5.41, 5.74) is 0.225. The van der Waals surface area contributed by atoms with Crippen molar-refractivity contribution in [3.8, 4) is 0 Å². The highest BCUT2D eigenvalue weighted by molar-refractivity contribution is 4.91. The molecular formula is C12H23N3. The van der Waals surface area contributed by atoms with E-state index >= 15 is 0 Å². The zero-order valence-electron chi connectivity index (χ0n) is 10.4. The lowest BCUT2D eigenvalue weighted by molar-refractivity contribution is 0.412. The van der Waals surface area contributed by atoms with Gasteiger partial charge in [-0.1, -0.05) is 6.92 Å². The molecule has 1 aromatic heterocycles. The van der Waals surface area contributed by atoms with E-state index in [-0.39, 0.29) is 5.54 Å². The molecular weight excluding hydrogens is 186 g/mol. The summed E-state index contributed by atoms with van der Waals surface area (Å²) in [5, 5.41) is 3.49. The van der Waals surface area contributed by atoms with Gasteiger partial charge in [0.25, 0.3) is 0 Å². The zero-order valence-corrected chi connectivity index (χ0v) is 10.4. The number of aromatic nitrogens is 2. The Kier molecular flexibility index (Phi) is 4.33. The van der Waals surface area contributed by atoms with Crippen molar-refractivity contribution in [2.45, 2.75) is 52.6 Å². The number of nitrogens with zero attached hydrogens (tertiary/aromatic N) is 2. The van der Waals surface area contributed by atoms with Gasteiger partial charge in [0.05, 0.1) is 0 Å². The maximum atomic E-state index is 4.30. The number of nitrogens with one attached hydrogen (secondary N) is 1. The second-order valence-electron chi connectivity index (χ2n) is 4.92. The van der Waals surface area contributed by atoms with Gasteiger partial charge in [-0.15, -0.1) is 0 Å². The summed E-state index contributed by atoms with van der Waals surface area (Å²) in [6.07, 6.45) is 6.12. The normalized spacial score (nSPS) is 12.0. The fourth-order valence-electron chi connectivity index (χ4n) is 1.57. The number of hydrogen-bond acceptors (Lipinski definition) is 2. The standard InChI is InChI=1S/C12H23N3/c1-5-11-13-8-10-15(11)9-6-7-14-12(2,3)4/h8,10,14H,5-7,9H2,1-4H3. The van der Waals surface area contributed by atoms with Crippen molar-refractivity contribution in [1.82, 2.24) is 14.9 Å². The minimum absolute atomic E-state index is 0.225. The zero-order chi connectivity index (χ0) is 11.3. The molecule has 1 N–H and O–H groups in total. The molecule has 1 heterocycles. The summed E-state index contributed by atoms with van der Waals surface area (Å²) >= 11 is 0. The lowest BCUT2D eigenvalue weighted by Crippen LogP contribution is -2.36. The second kappa shape index (κ2) is 5.31. The second-order valence-corrected chi connectivity index (χ2v) is 4.92. The highest BCUT2D eigenvalue weighted by Gasteiger charge is 2.07. The van der Waals surface area contributed by atoms with Crippen LogP contribution in [0.2, 0.25) is 0 Å². The molecule has 0 bridgehead atoms. The summed E-state index contributed by atoms with van der Waals surface area (Å²) in [6, 6.07) is 0. The van der Waals surface area contributed by atoms with Crippen molar-refractivity contribution < 1.29 is 0 Å². The first-order valence-electron chi connectivity index (χ1n) is 5.78. The number of hydrogen-bond donors (Lipinski definition) is 1. The van der Waals surface area contributed by atoms with Gasteiger partial charge in [0, 0.05) is 30.9 Å². The predicted molar refractivity (Wildman–Crippen MR) is 64.0 cm³/mol. The molecule has 0 saturated heterocycles. The SMILES string of the molecule is CCc1nccn1CCCNC(C)(C)C. The summed E-state index contributed by atoms with van der Waals surface area (Å²) in [4.78, 5) is 4.30. The van der Waals surface area contributed by atoms with Crippen LogP contribution in [-0.4, -0.2) is 21.6 Å². The van der Waals surface area contributed by atoms with Crippen molar-refractivity contribution in [1.29, 1.82) is 0 Å². The van der Waals surface area contributed by atoms with Gasteiger partial charge in [0.15, 0.2) is 0 Å². The third-order valence-electron chi connectivity index (χ3n) is 2.35. The molecule has 0 aliphatic carbocycles. The van der Waals surface area contributed by atoms with Crippen molar-refractivity contribution in [2.75, 3.05) is 6.54 Å². The van der Waals surface area contributed by atoms with Gasteiger partial charge >= 0.3 is 0 Å². The van der Waals surface area contributed by atoms with Gasteiger partial charge in [-0.3, -0.25) is 0 Å². The third kappa shape index (κ3) is 4.47. The maximum absolute atomic E-state index is 4.30. The molecule has 0 unspecified atom stereocenters. The van der Waals surface area contributed by atoms with Crippen molar-refractivity contribution in [3.63, 3.8) is 0 Å². The van der Waals surface area contributed by atoms with Crippen LogP contribution >= 0.6 is 0 Å². The van der Waals surface area contributed by atoms with E-state index in [9.17, 15) is 0 Å². The van der Waals surface area contributed by atoms with Crippen LogP contribution < -0.4 is 5.32 Å². The molecule has 0 aliphatic rings. The smallest absolute Gasteiger partial charge is 0.108 e. The number of imidazole rings is 1. The van der Waals surface area contributed by atoms with Gasteiger partial charge < -0.3 is 9.88 Å². The fraction of sp³-hybridized carbons (Fsp3) is 0.750. The Morgan fingerprint density at radius 1 is 1.40 bits per heavy atom. The van der Waals surface area contributed by atoms with Crippen LogP contribution in [-0.2, 0) is 13.0 Å². The monoisotopic (exact) mass is 209 g/mol. The lowest BCUT2D eigenvalue weighted by atomic mass is 10.1. The Morgan fingerprint density at radius 2 is 2.13 bits per heavy atom. The van der Waals surface area contributed by atoms with E-state index in [4.69, 9.17) is 0 Å². The molecule has 3 nitrogen and oxygen atoms in total. The van der Waals surface area contributed by atoms with Crippen LogP contribution in [0, 0.1) is 0 Å². The minimum atomic E-state index is 0.225. The summed E-state index contributed by atoms with van der Waals surface area (Å²) in [5.74, 6) is 1.19. The Hall–Kier alpha value is -0.830. The summed E-state index contributed by atoms with van der Waals surface area (Å²) in [6.45, 7) is 10.9. The maximum Gasteiger partial charge on any atom is 0.108 e. The molecule has 0 spiro atoms. The fourth-order valence-corrected chi connectivity index (χ4v) is 1.57. The highest BCUT2D eigenvalue weighted by atomic mass is 15.1. The molecule has 0 amide bonds. The van der Waals surface area contributed by atoms with E-state index in [2.05, 4.69) is 48.8 Å². The Labute approximate surface area is 92.9 Å². The molecule has 0 radical (unpaired) electrons. The predicted octanol–water partition coefficient (Wildman–Crippen LogP) is 2.22. The largest absolute Gasteiger partial charge is 0.335 e. The third-order valence-corrected chi connectivity index (χ3v) is 2.35. The van der Waals surface area contributed by atoms with Crippen molar-refractivity contribution in [2.24, 2.45) is 0 Å².